The number of aromatic nitrogens is 3. The number of hydrogen-bond donors (Lipinski definition) is 2. The van der Waals surface area contributed by atoms with Gasteiger partial charge in [0.1, 0.15) is 6.61 Å². The monoisotopic (exact) mass is 270 g/mol. The van der Waals surface area contributed by atoms with Crippen LogP contribution >= 0.6 is 0 Å². The van der Waals surface area contributed by atoms with Gasteiger partial charge in [-0.05, 0) is 6.42 Å². The number of anilines is 2. The molecule has 0 aliphatic carbocycles. The van der Waals surface area contributed by atoms with E-state index in [1.165, 1.54) is 0 Å². The first-order chi connectivity index (χ1) is 9.17. The summed E-state index contributed by atoms with van der Waals surface area (Å²) in [5.41, 5.74) is 2.38. The molecule has 0 aliphatic heterocycles. The molecule has 1 heterocycles. The average molecular weight is 270 g/mol. The number of hydrogen-bond acceptors (Lipinski definition) is 8. The predicted molar refractivity (Wildman–Crippen MR) is 73.2 cm³/mol. The summed E-state index contributed by atoms with van der Waals surface area (Å²) in [6.45, 7) is 3.77. The Bertz CT molecular complexity index is 374. The summed E-state index contributed by atoms with van der Waals surface area (Å²) < 4.78 is 10.8. The highest BCUT2D eigenvalue weighted by Gasteiger charge is 2.08. The van der Waals surface area contributed by atoms with Crippen molar-refractivity contribution in [1.82, 2.24) is 15.0 Å². The van der Waals surface area contributed by atoms with Gasteiger partial charge in [-0.1, -0.05) is 13.3 Å². The number of rotatable bonds is 9. The average Bonchev–Trinajstić information content (AvgIpc) is 2.42. The SMILES string of the molecule is CCCCOCCOc1nc(NN)nc(N(C)C)n1. The van der Waals surface area contributed by atoms with Crippen LogP contribution < -0.4 is 20.9 Å². The smallest absolute Gasteiger partial charge is 0.323 e. The molecule has 0 bridgehead atoms. The second-order valence-corrected chi connectivity index (χ2v) is 4.09. The zero-order valence-corrected chi connectivity index (χ0v) is 11.7. The number of unbranched alkanes of at least 4 members (excludes halogenated alkanes) is 1. The highest BCUT2D eigenvalue weighted by Crippen LogP contribution is 2.12. The van der Waals surface area contributed by atoms with E-state index in [0.717, 1.165) is 19.4 Å². The van der Waals surface area contributed by atoms with Crippen LogP contribution in [0.1, 0.15) is 19.8 Å². The second-order valence-electron chi connectivity index (χ2n) is 4.09. The van der Waals surface area contributed by atoms with Gasteiger partial charge in [-0.2, -0.15) is 15.0 Å². The van der Waals surface area contributed by atoms with Gasteiger partial charge in [-0.15, -0.1) is 0 Å². The number of nitrogen functional groups attached to an aromatic ring is 1. The van der Waals surface area contributed by atoms with Crippen molar-refractivity contribution in [2.24, 2.45) is 5.84 Å². The fourth-order valence-electron chi connectivity index (χ4n) is 1.22. The molecule has 0 saturated carbocycles. The van der Waals surface area contributed by atoms with Crippen LogP contribution in [0.3, 0.4) is 0 Å². The maximum absolute atomic E-state index is 5.41. The van der Waals surface area contributed by atoms with Gasteiger partial charge in [0.05, 0.1) is 6.61 Å². The summed E-state index contributed by atoms with van der Waals surface area (Å²) >= 11 is 0. The molecule has 0 amide bonds. The Kier molecular flexibility index (Phi) is 6.83. The first-order valence-electron chi connectivity index (χ1n) is 6.28. The van der Waals surface area contributed by atoms with E-state index < -0.39 is 0 Å². The van der Waals surface area contributed by atoms with Crippen LogP contribution in [0.4, 0.5) is 11.9 Å². The highest BCUT2D eigenvalue weighted by molar-refractivity contribution is 5.35. The fraction of sp³-hybridized carbons (Fsp3) is 0.727. The summed E-state index contributed by atoms with van der Waals surface area (Å²) in [4.78, 5) is 14.0. The van der Waals surface area contributed by atoms with Crippen molar-refractivity contribution in [3.63, 3.8) is 0 Å². The largest absolute Gasteiger partial charge is 0.461 e. The Morgan fingerprint density at radius 1 is 1.16 bits per heavy atom. The lowest BCUT2D eigenvalue weighted by Crippen LogP contribution is -2.19. The van der Waals surface area contributed by atoms with Crippen molar-refractivity contribution in [3.8, 4) is 6.01 Å². The lowest BCUT2D eigenvalue weighted by molar-refractivity contribution is 0.0948. The molecule has 0 aromatic carbocycles. The van der Waals surface area contributed by atoms with E-state index in [0.29, 0.717) is 19.2 Å². The normalized spacial score (nSPS) is 10.3. The third kappa shape index (κ3) is 5.66. The molecule has 1 aromatic heterocycles. The van der Waals surface area contributed by atoms with E-state index in [2.05, 4.69) is 27.3 Å². The van der Waals surface area contributed by atoms with Crippen molar-refractivity contribution < 1.29 is 9.47 Å². The minimum absolute atomic E-state index is 0.228. The molecule has 3 N–H and O–H groups in total. The molecule has 1 rings (SSSR count). The second kappa shape index (κ2) is 8.44. The summed E-state index contributed by atoms with van der Waals surface area (Å²) in [7, 11) is 3.65. The Hall–Kier alpha value is -1.67. The minimum atomic E-state index is 0.228. The first kappa shape index (κ1) is 15.4. The van der Waals surface area contributed by atoms with Crippen LogP contribution in [0.25, 0.3) is 0 Å². The van der Waals surface area contributed by atoms with Gasteiger partial charge in [0.25, 0.3) is 0 Å². The zero-order chi connectivity index (χ0) is 14.1. The van der Waals surface area contributed by atoms with Crippen LogP contribution in [-0.2, 0) is 4.74 Å². The third-order valence-corrected chi connectivity index (χ3v) is 2.23. The molecule has 19 heavy (non-hydrogen) atoms. The Labute approximate surface area is 113 Å². The van der Waals surface area contributed by atoms with Crippen molar-refractivity contribution >= 4 is 11.9 Å². The fourth-order valence-corrected chi connectivity index (χ4v) is 1.22. The minimum Gasteiger partial charge on any atom is -0.461 e. The molecule has 8 nitrogen and oxygen atoms in total. The summed E-state index contributed by atoms with van der Waals surface area (Å²) in [6.07, 6.45) is 2.17. The van der Waals surface area contributed by atoms with Crippen LogP contribution in [0.2, 0.25) is 0 Å². The first-order valence-corrected chi connectivity index (χ1v) is 6.28. The van der Waals surface area contributed by atoms with E-state index in [-0.39, 0.29) is 12.0 Å². The number of nitrogens with two attached hydrogens (primary N) is 1. The lowest BCUT2D eigenvalue weighted by atomic mass is 10.4. The lowest BCUT2D eigenvalue weighted by Gasteiger charge is -2.12. The maximum atomic E-state index is 5.41. The third-order valence-electron chi connectivity index (χ3n) is 2.23. The van der Waals surface area contributed by atoms with Gasteiger partial charge in [-0.3, -0.25) is 5.43 Å². The van der Waals surface area contributed by atoms with E-state index in [1.807, 2.05) is 14.1 Å². The summed E-state index contributed by atoms with van der Waals surface area (Å²) in [5, 5.41) is 0. The van der Waals surface area contributed by atoms with Crippen molar-refractivity contribution in [2.75, 3.05) is 44.2 Å². The number of nitrogens with zero attached hydrogens (tertiary/aromatic N) is 4. The topological polar surface area (TPSA) is 98.4 Å². The molecule has 0 unspecified atom stereocenters. The number of nitrogens with one attached hydrogen (secondary N) is 1. The Morgan fingerprint density at radius 2 is 1.95 bits per heavy atom. The van der Waals surface area contributed by atoms with E-state index in [1.54, 1.807) is 4.90 Å². The summed E-state index contributed by atoms with van der Waals surface area (Å²) in [6, 6.07) is 0.228. The molecule has 0 fully saturated rings. The van der Waals surface area contributed by atoms with Gasteiger partial charge in [0, 0.05) is 20.7 Å². The molecule has 0 radical (unpaired) electrons. The van der Waals surface area contributed by atoms with Crippen molar-refractivity contribution in [1.29, 1.82) is 0 Å². The van der Waals surface area contributed by atoms with Gasteiger partial charge in [0.15, 0.2) is 0 Å². The molecule has 0 spiro atoms. The number of ether oxygens (including phenoxy) is 2. The predicted octanol–water partition coefficient (Wildman–Crippen LogP) is 0.419. The van der Waals surface area contributed by atoms with Crippen molar-refractivity contribution in [3.05, 3.63) is 0 Å². The van der Waals surface area contributed by atoms with E-state index in [9.17, 15) is 0 Å². The van der Waals surface area contributed by atoms with Gasteiger partial charge in [0.2, 0.25) is 11.9 Å². The molecular formula is C11H22N6O2. The van der Waals surface area contributed by atoms with E-state index >= 15 is 0 Å². The zero-order valence-electron chi connectivity index (χ0n) is 11.7. The Morgan fingerprint density at radius 3 is 2.58 bits per heavy atom. The molecule has 8 heteroatoms. The van der Waals surface area contributed by atoms with Gasteiger partial charge < -0.3 is 14.4 Å². The van der Waals surface area contributed by atoms with Crippen molar-refractivity contribution in [2.45, 2.75) is 19.8 Å². The molecular weight excluding hydrogens is 248 g/mol. The standard InChI is InChI=1S/C11H22N6O2/c1-4-5-6-18-7-8-19-11-14-9(16-12)13-10(15-11)17(2)3/h4-8,12H2,1-3H3,(H,13,14,15,16). The molecule has 108 valence electrons. The summed E-state index contributed by atoms with van der Waals surface area (Å²) in [5.74, 6) is 6.04. The molecule has 0 atom stereocenters. The number of hydrazine groups is 1. The quantitative estimate of drug-likeness (QED) is 0.378. The van der Waals surface area contributed by atoms with Gasteiger partial charge in [-0.25, -0.2) is 5.84 Å². The van der Waals surface area contributed by atoms with Crippen LogP contribution in [0.15, 0.2) is 0 Å². The van der Waals surface area contributed by atoms with Gasteiger partial charge >= 0.3 is 6.01 Å². The van der Waals surface area contributed by atoms with E-state index in [4.69, 9.17) is 15.3 Å². The molecule has 0 saturated heterocycles. The van der Waals surface area contributed by atoms with Crippen LogP contribution in [-0.4, -0.2) is 48.9 Å². The highest BCUT2D eigenvalue weighted by atomic mass is 16.5. The molecule has 1 aromatic rings. The van der Waals surface area contributed by atoms with Crippen LogP contribution in [0, 0.1) is 0 Å². The van der Waals surface area contributed by atoms with Crippen LogP contribution in [0.5, 0.6) is 6.01 Å². The molecule has 0 aliphatic rings. The Balaban J connectivity index is 2.46. The maximum Gasteiger partial charge on any atom is 0.323 e.